The highest BCUT2D eigenvalue weighted by atomic mass is 16.7. The highest BCUT2D eigenvalue weighted by Crippen LogP contribution is 2.34. The van der Waals surface area contributed by atoms with E-state index in [4.69, 9.17) is 15.2 Å². The molecule has 3 N–H and O–H groups in total. The van der Waals surface area contributed by atoms with Gasteiger partial charge in [-0.15, -0.1) is 0 Å². The highest BCUT2D eigenvalue weighted by Gasteiger charge is 2.18. The van der Waals surface area contributed by atoms with Gasteiger partial charge in [0, 0.05) is 12.0 Å². The molecule has 0 aromatic heterocycles. The lowest BCUT2D eigenvalue weighted by Crippen LogP contribution is -2.35. The van der Waals surface area contributed by atoms with Crippen LogP contribution in [0.1, 0.15) is 45.2 Å². The zero-order valence-electron chi connectivity index (χ0n) is 12.2. The fourth-order valence-electron chi connectivity index (χ4n) is 2.02. The number of benzene rings is 1. The first-order valence-corrected chi connectivity index (χ1v) is 6.83. The Morgan fingerprint density at radius 1 is 1.40 bits per heavy atom. The average Bonchev–Trinajstić information content (AvgIpc) is 2.82. The molecule has 1 unspecified atom stereocenters. The van der Waals surface area contributed by atoms with E-state index in [1.54, 1.807) is 0 Å². The minimum atomic E-state index is -0.320. The lowest BCUT2D eigenvalue weighted by Gasteiger charge is -2.19. The SMILES string of the molecule is CC(NC(=O)CCC(C)(C)N)c1ccc2c(c1)OCO2. The number of carbonyl (C=O) groups is 1. The Labute approximate surface area is 119 Å². The van der Waals surface area contributed by atoms with Crippen molar-refractivity contribution in [2.24, 2.45) is 5.73 Å². The second kappa shape index (κ2) is 5.71. The number of nitrogens with two attached hydrogens (primary N) is 1. The predicted octanol–water partition coefficient (Wildman–Crippen LogP) is 2.11. The standard InChI is InChI=1S/C15H22N2O3/c1-10(17-14(18)6-7-15(2,3)16)11-4-5-12-13(8-11)20-9-19-12/h4-5,8,10H,6-7,9,16H2,1-3H3,(H,17,18). The number of hydrogen-bond acceptors (Lipinski definition) is 4. The minimum absolute atomic E-state index is 0.00805. The second-order valence-corrected chi connectivity index (χ2v) is 5.89. The van der Waals surface area contributed by atoms with Crippen molar-refractivity contribution in [3.63, 3.8) is 0 Å². The molecule has 1 heterocycles. The molecule has 0 aliphatic carbocycles. The van der Waals surface area contributed by atoms with Crippen LogP contribution in [0.4, 0.5) is 0 Å². The molecule has 1 amide bonds. The van der Waals surface area contributed by atoms with Gasteiger partial charge in [-0.3, -0.25) is 4.79 Å². The summed E-state index contributed by atoms with van der Waals surface area (Å²) in [6, 6.07) is 5.63. The summed E-state index contributed by atoms with van der Waals surface area (Å²) in [6.45, 7) is 6.04. The van der Waals surface area contributed by atoms with Crippen LogP contribution in [0, 0.1) is 0 Å². The van der Waals surface area contributed by atoms with Crippen molar-refractivity contribution in [1.82, 2.24) is 5.32 Å². The summed E-state index contributed by atoms with van der Waals surface area (Å²) >= 11 is 0. The molecule has 2 rings (SSSR count). The molecule has 5 heteroatoms. The molecule has 0 saturated carbocycles. The van der Waals surface area contributed by atoms with Crippen LogP contribution < -0.4 is 20.5 Å². The van der Waals surface area contributed by atoms with Gasteiger partial charge < -0.3 is 20.5 Å². The fourth-order valence-corrected chi connectivity index (χ4v) is 2.02. The van der Waals surface area contributed by atoms with Crippen LogP contribution in [0.15, 0.2) is 18.2 Å². The molecule has 0 spiro atoms. The van der Waals surface area contributed by atoms with E-state index in [0.29, 0.717) is 12.8 Å². The third kappa shape index (κ3) is 3.87. The van der Waals surface area contributed by atoms with Gasteiger partial charge in [0.05, 0.1) is 6.04 Å². The molecule has 1 aliphatic heterocycles. The van der Waals surface area contributed by atoms with E-state index in [-0.39, 0.29) is 24.3 Å². The summed E-state index contributed by atoms with van der Waals surface area (Å²) in [6.07, 6.45) is 1.09. The molecule has 1 aromatic rings. The molecular weight excluding hydrogens is 256 g/mol. The molecule has 0 saturated heterocycles. The van der Waals surface area contributed by atoms with Crippen LogP contribution in [0.2, 0.25) is 0 Å². The van der Waals surface area contributed by atoms with E-state index in [1.807, 2.05) is 39.0 Å². The van der Waals surface area contributed by atoms with Crippen molar-refractivity contribution in [3.8, 4) is 11.5 Å². The van der Waals surface area contributed by atoms with E-state index in [9.17, 15) is 4.79 Å². The topological polar surface area (TPSA) is 73.6 Å². The Morgan fingerprint density at radius 3 is 2.80 bits per heavy atom. The number of amides is 1. The van der Waals surface area contributed by atoms with Crippen molar-refractivity contribution in [2.75, 3.05) is 6.79 Å². The molecule has 0 bridgehead atoms. The summed E-state index contributed by atoms with van der Waals surface area (Å²) in [4.78, 5) is 11.9. The Morgan fingerprint density at radius 2 is 2.10 bits per heavy atom. The van der Waals surface area contributed by atoms with Gasteiger partial charge in [0.2, 0.25) is 12.7 Å². The first-order chi connectivity index (χ1) is 9.35. The van der Waals surface area contributed by atoms with Gasteiger partial charge in [0.25, 0.3) is 0 Å². The molecule has 110 valence electrons. The summed E-state index contributed by atoms with van der Waals surface area (Å²) in [7, 11) is 0. The molecular formula is C15H22N2O3. The van der Waals surface area contributed by atoms with Crippen LogP contribution in [0.3, 0.4) is 0 Å². The molecule has 1 atom stereocenters. The third-order valence-electron chi connectivity index (χ3n) is 3.27. The van der Waals surface area contributed by atoms with Crippen LogP contribution >= 0.6 is 0 Å². The number of fused-ring (bicyclic) bond motifs is 1. The number of ether oxygens (including phenoxy) is 2. The zero-order chi connectivity index (χ0) is 14.8. The quantitative estimate of drug-likeness (QED) is 0.865. The first kappa shape index (κ1) is 14.7. The van der Waals surface area contributed by atoms with E-state index in [2.05, 4.69) is 5.32 Å². The monoisotopic (exact) mass is 278 g/mol. The van der Waals surface area contributed by atoms with Crippen molar-refractivity contribution in [1.29, 1.82) is 0 Å². The van der Waals surface area contributed by atoms with Gasteiger partial charge in [0.1, 0.15) is 0 Å². The Kier molecular flexibility index (Phi) is 4.18. The van der Waals surface area contributed by atoms with E-state index >= 15 is 0 Å². The van der Waals surface area contributed by atoms with Gasteiger partial charge >= 0.3 is 0 Å². The minimum Gasteiger partial charge on any atom is -0.454 e. The summed E-state index contributed by atoms with van der Waals surface area (Å²) < 4.78 is 10.6. The maximum Gasteiger partial charge on any atom is 0.231 e. The first-order valence-electron chi connectivity index (χ1n) is 6.83. The lowest BCUT2D eigenvalue weighted by atomic mass is 9.99. The van der Waals surface area contributed by atoms with Crippen LogP contribution in [-0.4, -0.2) is 18.2 Å². The van der Waals surface area contributed by atoms with Gasteiger partial charge in [-0.2, -0.15) is 0 Å². The average molecular weight is 278 g/mol. The fraction of sp³-hybridized carbons (Fsp3) is 0.533. The van der Waals surface area contributed by atoms with Crippen LogP contribution in [-0.2, 0) is 4.79 Å². The maximum atomic E-state index is 11.9. The van der Waals surface area contributed by atoms with Crippen molar-refractivity contribution >= 4 is 5.91 Å². The Hall–Kier alpha value is -1.75. The molecule has 0 radical (unpaired) electrons. The van der Waals surface area contributed by atoms with Gasteiger partial charge in [-0.25, -0.2) is 0 Å². The van der Waals surface area contributed by atoms with Gasteiger partial charge in [0.15, 0.2) is 11.5 Å². The predicted molar refractivity (Wildman–Crippen MR) is 76.6 cm³/mol. The van der Waals surface area contributed by atoms with E-state index < -0.39 is 0 Å². The van der Waals surface area contributed by atoms with E-state index in [0.717, 1.165) is 17.1 Å². The van der Waals surface area contributed by atoms with Crippen molar-refractivity contribution in [3.05, 3.63) is 23.8 Å². The number of carbonyl (C=O) groups excluding carboxylic acids is 1. The maximum absolute atomic E-state index is 11.9. The molecule has 20 heavy (non-hydrogen) atoms. The Balaban J connectivity index is 1.91. The van der Waals surface area contributed by atoms with Crippen LogP contribution in [0.25, 0.3) is 0 Å². The number of hydrogen-bond donors (Lipinski definition) is 2. The van der Waals surface area contributed by atoms with Gasteiger partial charge in [-0.1, -0.05) is 6.07 Å². The van der Waals surface area contributed by atoms with Crippen molar-refractivity contribution in [2.45, 2.75) is 45.2 Å². The largest absolute Gasteiger partial charge is 0.454 e. The van der Waals surface area contributed by atoms with Gasteiger partial charge in [-0.05, 0) is 44.9 Å². The third-order valence-corrected chi connectivity index (χ3v) is 3.27. The highest BCUT2D eigenvalue weighted by molar-refractivity contribution is 5.76. The second-order valence-electron chi connectivity index (χ2n) is 5.89. The number of nitrogens with one attached hydrogen (secondary N) is 1. The zero-order valence-corrected chi connectivity index (χ0v) is 12.2. The molecule has 5 nitrogen and oxygen atoms in total. The van der Waals surface area contributed by atoms with Crippen LogP contribution in [0.5, 0.6) is 11.5 Å². The normalized spacial score (nSPS) is 15.0. The summed E-state index contributed by atoms with van der Waals surface area (Å²) in [5.74, 6) is 1.48. The van der Waals surface area contributed by atoms with Crippen molar-refractivity contribution < 1.29 is 14.3 Å². The lowest BCUT2D eigenvalue weighted by molar-refractivity contribution is -0.122. The molecule has 1 aliphatic rings. The summed E-state index contributed by atoms with van der Waals surface area (Å²) in [5, 5.41) is 2.97. The summed E-state index contributed by atoms with van der Waals surface area (Å²) in [5.41, 5.74) is 6.55. The smallest absolute Gasteiger partial charge is 0.231 e. The molecule has 0 fully saturated rings. The number of rotatable bonds is 5. The molecule has 1 aromatic carbocycles. The Bertz CT molecular complexity index is 494. The van der Waals surface area contributed by atoms with E-state index in [1.165, 1.54) is 0 Å².